The molecule has 1 aliphatic heterocycles. The highest BCUT2D eigenvalue weighted by atomic mass is 16.5. The van der Waals surface area contributed by atoms with Gasteiger partial charge in [-0.25, -0.2) is 9.59 Å². The van der Waals surface area contributed by atoms with Crippen LogP contribution < -0.4 is 27.0 Å². The summed E-state index contributed by atoms with van der Waals surface area (Å²) in [7, 11) is 0. The highest BCUT2D eigenvalue weighted by molar-refractivity contribution is 5.96. The molecule has 1 saturated heterocycles. The van der Waals surface area contributed by atoms with E-state index >= 15 is 0 Å². The highest BCUT2D eigenvalue weighted by Gasteiger charge is 2.42. The number of ether oxygens (including phenoxy) is 1. The number of alkyl carbamates (subject to hydrolysis) is 1. The number of amides is 6. The monoisotopic (exact) mass is 794 g/mol. The summed E-state index contributed by atoms with van der Waals surface area (Å²) in [5.41, 5.74) is 6.49. The fourth-order valence-electron chi connectivity index (χ4n) is 8.32. The number of allylic oxidation sites excluding steroid dienone is 1. The molecule has 4 rings (SSSR count). The number of nitrogens with two attached hydrogens (primary N) is 1. The Balaban J connectivity index is 1.49. The third-order valence-corrected chi connectivity index (χ3v) is 11.3. The molecule has 1 aromatic rings. The average Bonchev–Trinajstić information content (AvgIpc) is 3.70. The standard InChI is InChI=1S/C42H62N6O9/c1-27(2)25-32(39(53)46-35(37(43)51)29-17-8-4-9-18-29)44-40(54)33-22-14-24-48(33)41(55)36(30-19-10-5-11-20-30)47-38(52)31(21-12-13-23-34(49)50)45-42(56)57-26-28-15-6-3-7-16-28/h3,6-7,13,15-16,23,27,29-33,35-36H,4-5,8-12,14,17-22,24-26H2,1-2H3,(H2,43,51)(H,44,54)(H,45,56)(H,46,53)(H,47,52)(H,49,50)/b23-13+/t31?,32-,33-,35-,36-/m0/s1. The fourth-order valence-corrected chi connectivity index (χ4v) is 8.32. The van der Waals surface area contributed by atoms with Crippen LogP contribution >= 0.6 is 0 Å². The largest absolute Gasteiger partial charge is 0.478 e. The van der Waals surface area contributed by atoms with E-state index in [0.29, 0.717) is 32.1 Å². The number of carbonyl (C=O) groups is 7. The second-order valence-electron chi connectivity index (χ2n) is 16.1. The van der Waals surface area contributed by atoms with Crippen LogP contribution in [-0.4, -0.2) is 88.4 Å². The van der Waals surface area contributed by atoms with Gasteiger partial charge in [0.25, 0.3) is 0 Å². The smallest absolute Gasteiger partial charge is 0.408 e. The number of carbonyl (C=O) groups excluding carboxylic acids is 6. The van der Waals surface area contributed by atoms with E-state index in [-0.39, 0.29) is 43.7 Å². The van der Waals surface area contributed by atoms with Crippen LogP contribution in [-0.2, 0) is 40.1 Å². The van der Waals surface area contributed by atoms with Crippen molar-refractivity contribution in [1.82, 2.24) is 26.2 Å². The first-order valence-electron chi connectivity index (χ1n) is 20.7. The molecule has 314 valence electrons. The molecule has 1 heterocycles. The predicted molar refractivity (Wildman–Crippen MR) is 212 cm³/mol. The van der Waals surface area contributed by atoms with Gasteiger partial charge in [-0.15, -0.1) is 0 Å². The second-order valence-corrected chi connectivity index (χ2v) is 16.1. The highest BCUT2D eigenvalue weighted by Crippen LogP contribution is 2.30. The van der Waals surface area contributed by atoms with Crippen molar-refractivity contribution in [2.75, 3.05) is 6.54 Å². The van der Waals surface area contributed by atoms with Crippen LogP contribution in [0.1, 0.15) is 116 Å². The Hall–Kier alpha value is -4.95. The minimum absolute atomic E-state index is 0.0201. The lowest BCUT2D eigenvalue weighted by molar-refractivity contribution is -0.144. The summed E-state index contributed by atoms with van der Waals surface area (Å²) in [4.78, 5) is 94.2. The maximum Gasteiger partial charge on any atom is 0.408 e. The van der Waals surface area contributed by atoms with Gasteiger partial charge in [-0.05, 0) is 81.1 Å². The summed E-state index contributed by atoms with van der Waals surface area (Å²) in [6, 6.07) is 4.17. The Labute approximate surface area is 335 Å². The topological polar surface area (TPSA) is 226 Å². The van der Waals surface area contributed by atoms with Gasteiger partial charge >= 0.3 is 12.1 Å². The summed E-state index contributed by atoms with van der Waals surface area (Å²) in [5.74, 6) is -4.05. The Morgan fingerprint density at radius 3 is 1.98 bits per heavy atom. The van der Waals surface area contributed by atoms with E-state index < -0.39 is 71.8 Å². The zero-order chi connectivity index (χ0) is 41.3. The summed E-state index contributed by atoms with van der Waals surface area (Å²) in [6.07, 6.45) is 11.5. The minimum Gasteiger partial charge on any atom is -0.478 e. The molecular formula is C42H62N6O9. The van der Waals surface area contributed by atoms with E-state index in [1.807, 2.05) is 19.9 Å². The lowest BCUT2D eigenvalue weighted by Gasteiger charge is -2.35. The molecule has 0 aromatic heterocycles. The summed E-state index contributed by atoms with van der Waals surface area (Å²) in [6.45, 7) is 4.09. The van der Waals surface area contributed by atoms with Gasteiger partial charge < -0.3 is 41.7 Å². The molecule has 0 radical (unpaired) electrons. The molecule has 5 atom stereocenters. The lowest BCUT2D eigenvalue weighted by Crippen LogP contribution is -2.60. The maximum atomic E-state index is 14.5. The third kappa shape index (κ3) is 14.2. The summed E-state index contributed by atoms with van der Waals surface area (Å²) >= 11 is 0. The number of primary amides is 1. The van der Waals surface area contributed by atoms with Gasteiger partial charge in [0.2, 0.25) is 29.5 Å². The van der Waals surface area contributed by atoms with Crippen molar-refractivity contribution in [2.45, 2.75) is 147 Å². The van der Waals surface area contributed by atoms with Gasteiger partial charge in [0.1, 0.15) is 36.8 Å². The van der Waals surface area contributed by atoms with Crippen LogP contribution in [0, 0.1) is 17.8 Å². The predicted octanol–water partition coefficient (Wildman–Crippen LogP) is 3.84. The van der Waals surface area contributed by atoms with Crippen LogP contribution in [0.5, 0.6) is 0 Å². The Morgan fingerprint density at radius 2 is 1.39 bits per heavy atom. The first-order valence-corrected chi connectivity index (χ1v) is 20.7. The number of likely N-dealkylation sites (tertiary alicyclic amines) is 1. The molecule has 3 aliphatic rings. The molecular weight excluding hydrogens is 732 g/mol. The van der Waals surface area contributed by atoms with Gasteiger partial charge in [0.15, 0.2) is 0 Å². The molecule has 2 saturated carbocycles. The summed E-state index contributed by atoms with van der Waals surface area (Å²) in [5, 5.41) is 20.3. The fraction of sp³-hybridized carbons (Fsp3) is 0.643. The normalized spacial score (nSPS) is 19.9. The second kappa shape index (κ2) is 22.7. The van der Waals surface area contributed by atoms with Crippen molar-refractivity contribution in [3.05, 3.63) is 48.0 Å². The van der Waals surface area contributed by atoms with Crippen LogP contribution in [0.2, 0.25) is 0 Å². The first-order chi connectivity index (χ1) is 27.3. The molecule has 15 nitrogen and oxygen atoms in total. The van der Waals surface area contributed by atoms with Gasteiger partial charge in [-0.3, -0.25) is 24.0 Å². The van der Waals surface area contributed by atoms with Crippen molar-refractivity contribution < 1.29 is 43.4 Å². The number of hydrogen-bond acceptors (Lipinski definition) is 8. The lowest BCUT2D eigenvalue weighted by atomic mass is 9.83. The van der Waals surface area contributed by atoms with E-state index in [4.69, 9.17) is 15.6 Å². The molecule has 2 aliphatic carbocycles. The number of carboxylic acids is 1. The first kappa shape index (κ1) is 44.8. The molecule has 1 unspecified atom stereocenters. The number of carboxylic acid groups (broad SMARTS) is 1. The maximum absolute atomic E-state index is 14.5. The summed E-state index contributed by atoms with van der Waals surface area (Å²) < 4.78 is 5.37. The number of hydrogen-bond donors (Lipinski definition) is 6. The SMILES string of the molecule is CC(C)C[C@H](NC(=O)[C@@H]1CCCN1C(=O)[C@@H](NC(=O)C(CC/C=C/C(=O)O)NC(=O)OCc1ccccc1)C1CCCCC1)C(=O)N[C@H](C(N)=O)C1CCCCC1. The van der Waals surface area contributed by atoms with Crippen LogP contribution in [0.4, 0.5) is 4.79 Å². The number of benzene rings is 1. The quantitative estimate of drug-likeness (QED) is 0.112. The van der Waals surface area contributed by atoms with Crippen LogP contribution in [0.3, 0.4) is 0 Å². The third-order valence-electron chi connectivity index (χ3n) is 11.3. The zero-order valence-electron chi connectivity index (χ0n) is 33.4. The molecule has 15 heteroatoms. The zero-order valence-corrected chi connectivity index (χ0v) is 33.4. The van der Waals surface area contributed by atoms with E-state index in [1.54, 1.807) is 24.3 Å². The molecule has 0 bridgehead atoms. The van der Waals surface area contributed by atoms with E-state index in [2.05, 4.69) is 21.3 Å². The molecule has 7 N–H and O–H groups in total. The minimum atomic E-state index is -1.16. The number of nitrogens with zero attached hydrogens (tertiary/aromatic N) is 1. The van der Waals surface area contributed by atoms with E-state index in [9.17, 15) is 33.6 Å². The number of rotatable bonds is 19. The van der Waals surface area contributed by atoms with Crippen LogP contribution in [0.25, 0.3) is 0 Å². The molecule has 3 fully saturated rings. The molecule has 6 amide bonds. The van der Waals surface area contributed by atoms with Gasteiger partial charge in [-0.1, -0.05) is 88.8 Å². The van der Waals surface area contributed by atoms with E-state index in [1.165, 1.54) is 11.0 Å². The Kier molecular flexibility index (Phi) is 17.8. The van der Waals surface area contributed by atoms with Gasteiger partial charge in [0.05, 0.1) is 0 Å². The molecule has 1 aromatic carbocycles. The van der Waals surface area contributed by atoms with Crippen molar-refractivity contribution in [3.8, 4) is 0 Å². The number of nitrogens with one attached hydrogen (secondary N) is 4. The Morgan fingerprint density at radius 1 is 0.789 bits per heavy atom. The van der Waals surface area contributed by atoms with Crippen LogP contribution in [0.15, 0.2) is 42.5 Å². The van der Waals surface area contributed by atoms with Gasteiger partial charge in [0, 0.05) is 12.6 Å². The van der Waals surface area contributed by atoms with Gasteiger partial charge in [-0.2, -0.15) is 0 Å². The van der Waals surface area contributed by atoms with Crippen molar-refractivity contribution >= 4 is 41.6 Å². The average molecular weight is 795 g/mol. The number of aliphatic carboxylic acids is 1. The molecule has 0 spiro atoms. The Bertz CT molecular complexity index is 1560. The van der Waals surface area contributed by atoms with E-state index in [0.717, 1.165) is 63.0 Å². The van der Waals surface area contributed by atoms with Crippen molar-refractivity contribution in [1.29, 1.82) is 0 Å². The van der Waals surface area contributed by atoms with Crippen molar-refractivity contribution in [3.63, 3.8) is 0 Å². The molecule has 57 heavy (non-hydrogen) atoms. The van der Waals surface area contributed by atoms with Crippen molar-refractivity contribution in [2.24, 2.45) is 23.5 Å².